The van der Waals surface area contributed by atoms with Crippen molar-refractivity contribution in [2.24, 2.45) is 28.6 Å². The van der Waals surface area contributed by atoms with Gasteiger partial charge in [0.05, 0.1) is 47.6 Å². The Hall–Kier alpha value is -1.36. The molecule has 0 aromatic heterocycles. The maximum Gasteiger partial charge on any atom is 0.331 e. The van der Waals surface area contributed by atoms with Gasteiger partial charge in [-0.25, -0.2) is 4.79 Å². The number of esters is 1. The van der Waals surface area contributed by atoms with Crippen LogP contribution in [-0.2, 0) is 23.8 Å². The van der Waals surface area contributed by atoms with Gasteiger partial charge >= 0.3 is 5.97 Å². The predicted octanol–water partition coefficient (Wildman–Crippen LogP) is 1.82. The van der Waals surface area contributed by atoms with Crippen molar-refractivity contribution in [3.05, 3.63) is 11.6 Å². The van der Waals surface area contributed by atoms with E-state index in [4.69, 9.17) is 14.2 Å². The first-order valence-corrected chi connectivity index (χ1v) is 14.9. The quantitative estimate of drug-likeness (QED) is 0.306. The zero-order chi connectivity index (χ0) is 27.8. The summed E-state index contributed by atoms with van der Waals surface area (Å²) < 4.78 is 17.2. The predicted molar refractivity (Wildman–Crippen MR) is 138 cm³/mol. The molecule has 12 atom stereocenters. The van der Waals surface area contributed by atoms with Crippen LogP contribution >= 0.6 is 0 Å². The number of aliphatic hydroxyl groups excluding tert-OH is 2. The van der Waals surface area contributed by atoms with E-state index < -0.39 is 46.4 Å². The topological polar surface area (TPSA) is 143 Å². The lowest BCUT2D eigenvalue weighted by molar-refractivity contribution is -0.253. The monoisotopic (exact) mass is 548 g/mol. The maximum absolute atomic E-state index is 13.0. The Morgan fingerprint density at radius 2 is 1.79 bits per heavy atom. The number of carbonyl (C=O) groups excluding carboxylic acids is 2. The molecule has 0 unspecified atom stereocenters. The van der Waals surface area contributed by atoms with Crippen LogP contribution in [0.4, 0.5) is 0 Å². The Labute approximate surface area is 229 Å². The van der Waals surface area contributed by atoms with Gasteiger partial charge in [-0.2, -0.15) is 0 Å². The fraction of sp³-hybridized carbons (Fsp3) is 0.867. The van der Waals surface area contributed by atoms with Crippen molar-refractivity contribution in [1.29, 1.82) is 0 Å². The van der Waals surface area contributed by atoms with Crippen molar-refractivity contribution < 1.29 is 44.2 Å². The summed E-state index contributed by atoms with van der Waals surface area (Å²) in [5, 5.41) is 45.0. The maximum atomic E-state index is 13.0. The van der Waals surface area contributed by atoms with Crippen LogP contribution in [0.3, 0.4) is 0 Å². The second-order valence-corrected chi connectivity index (χ2v) is 13.7. The van der Waals surface area contributed by atoms with E-state index >= 15 is 0 Å². The first kappa shape index (κ1) is 27.8. The number of fused-ring (bicyclic) bond motifs is 5. The van der Waals surface area contributed by atoms with E-state index in [2.05, 4.69) is 6.92 Å². The molecular formula is C30H44O9. The summed E-state index contributed by atoms with van der Waals surface area (Å²) in [5.41, 5.74) is -2.58. The Kier molecular flexibility index (Phi) is 6.84. The highest BCUT2D eigenvalue weighted by Gasteiger charge is 2.71. The van der Waals surface area contributed by atoms with Gasteiger partial charge in [-0.05, 0) is 81.6 Å². The van der Waals surface area contributed by atoms with Crippen LogP contribution in [0.2, 0.25) is 0 Å². The first-order valence-electron chi connectivity index (χ1n) is 14.9. The summed E-state index contributed by atoms with van der Waals surface area (Å²) in [7, 11) is 0. The van der Waals surface area contributed by atoms with E-state index in [0.717, 1.165) is 31.1 Å². The van der Waals surface area contributed by atoms with Crippen molar-refractivity contribution in [3.63, 3.8) is 0 Å². The fourth-order valence-electron chi connectivity index (χ4n) is 9.95. The second kappa shape index (κ2) is 9.60. The molecule has 6 rings (SSSR count). The number of aldehydes is 1. The highest BCUT2D eigenvalue weighted by atomic mass is 16.6. The molecule has 0 radical (unpaired) electrons. The van der Waals surface area contributed by atoms with E-state index in [1.165, 1.54) is 0 Å². The van der Waals surface area contributed by atoms with Gasteiger partial charge in [-0.15, -0.1) is 0 Å². The SMILES string of the molecule is C[C@@H]1OC[C@@H](O[C@H]2CC[C@]3(C=O)[C@H]4CC[C@]5(C)[C@@H](C6=CC(=O)OC6)CC[C@]5(O)[C@H]4CC[C@]3(O)C2)C[C@H](O)[C@@H]1O. The lowest BCUT2D eigenvalue weighted by Crippen LogP contribution is -2.69. The average Bonchev–Trinajstić information content (AvgIpc) is 3.42. The smallest absolute Gasteiger partial charge is 0.331 e. The molecule has 0 amide bonds. The van der Waals surface area contributed by atoms with Gasteiger partial charge < -0.3 is 39.4 Å². The third-order valence-corrected chi connectivity index (χ3v) is 12.1. The van der Waals surface area contributed by atoms with Crippen LogP contribution in [0.5, 0.6) is 0 Å². The molecule has 4 aliphatic carbocycles. The largest absolute Gasteiger partial charge is 0.458 e. The molecule has 4 saturated carbocycles. The lowest BCUT2D eigenvalue weighted by atomic mass is 9.41. The molecule has 39 heavy (non-hydrogen) atoms. The molecule has 2 aliphatic heterocycles. The minimum atomic E-state index is -1.23. The first-order chi connectivity index (χ1) is 18.5. The van der Waals surface area contributed by atoms with E-state index in [-0.39, 0.29) is 42.9 Å². The van der Waals surface area contributed by atoms with Gasteiger partial charge in [0.1, 0.15) is 19.0 Å². The molecular weight excluding hydrogens is 504 g/mol. The minimum absolute atomic E-state index is 0.0745. The van der Waals surface area contributed by atoms with Crippen molar-refractivity contribution >= 4 is 12.3 Å². The number of aliphatic hydroxyl groups is 4. The van der Waals surface area contributed by atoms with Gasteiger partial charge in [0, 0.05) is 24.3 Å². The summed E-state index contributed by atoms with van der Waals surface area (Å²) in [6, 6.07) is 0. The van der Waals surface area contributed by atoms with Gasteiger partial charge in [0.15, 0.2) is 0 Å². The molecule has 9 nitrogen and oxygen atoms in total. The fourth-order valence-corrected chi connectivity index (χ4v) is 9.95. The number of cyclic esters (lactones) is 1. The molecule has 0 aromatic carbocycles. The van der Waals surface area contributed by atoms with Gasteiger partial charge in [-0.1, -0.05) is 6.92 Å². The van der Waals surface area contributed by atoms with E-state index in [0.29, 0.717) is 45.1 Å². The molecule has 9 heteroatoms. The second-order valence-electron chi connectivity index (χ2n) is 13.7. The van der Waals surface area contributed by atoms with Gasteiger partial charge in [-0.3, -0.25) is 0 Å². The van der Waals surface area contributed by atoms with Crippen molar-refractivity contribution in [1.82, 2.24) is 0 Å². The number of ether oxygens (including phenoxy) is 3. The highest BCUT2D eigenvalue weighted by molar-refractivity contribution is 5.85. The zero-order valence-corrected chi connectivity index (χ0v) is 23.1. The Bertz CT molecular complexity index is 1030. The minimum Gasteiger partial charge on any atom is -0.458 e. The molecule has 0 spiro atoms. The number of carbonyl (C=O) groups is 2. The Morgan fingerprint density at radius 3 is 2.51 bits per heavy atom. The van der Waals surface area contributed by atoms with Gasteiger partial charge in [0.2, 0.25) is 0 Å². The van der Waals surface area contributed by atoms with E-state index in [1.807, 2.05) is 0 Å². The molecule has 218 valence electrons. The third kappa shape index (κ3) is 4.02. The molecule has 4 N–H and O–H groups in total. The Balaban J connectivity index is 1.21. The lowest BCUT2D eigenvalue weighted by Gasteiger charge is -2.65. The van der Waals surface area contributed by atoms with Gasteiger partial charge in [0.25, 0.3) is 0 Å². The number of hydrogen-bond donors (Lipinski definition) is 4. The summed E-state index contributed by atoms with van der Waals surface area (Å²) in [6.07, 6.45) is 5.08. The van der Waals surface area contributed by atoms with Crippen LogP contribution in [-0.4, -0.2) is 87.6 Å². The van der Waals surface area contributed by atoms with E-state index in [9.17, 15) is 30.0 Å². The molecule has 1 saturated heterocycles. The highest BCUT2D eigenvalue weighted by Crippen LogP contribution is 2.70. The molecule has 0 bridgehead atoms. The molecule has 0 aromatic rings. The molecule has 6 aliphatic rings. The van der Waals surface area contributed by atoms with Crippen LogP contribution in [0.15, 0.2) is 11.6 Å². The van der Waals surface area contributed by atoms with E-state index in [1.54, 1.807) is 13.0 Å². The van der Waals surface area contributed by atoms with Crippen molar-refractivity contribution in [2.75, 3.05) is 13.2 Å². The Morgan fingerprint density at radius 1 is 1.03 bits per heavy atom. The average molecular weight is 549 g/mol. The van der Waals surface area contributed by atoms with Crippen LogP contribution in [0.25, 0.3) is 0 Å². The van der Waals surface area contributed by atoms with Crippen LogP contribution in [0.1, 0.15) is 78.1 Å². The summed E-state index contributed by atoms with van der Waals surface area (Å²) >= 11 is 0. The third-order valence-electron chi connectivity index (χ3n) is 12.1. The number of rotatable bonds is 4. The van der Waals surface area contributed by atoms with Crippen LogP contribution in [0, 0.1) is 28.6 Å². The normalized spacial score (nSPS) is 53.6. The summed E-state index contributed by atoms with van der Waals surface area (Å²) in [4.78, 5) is 24.8. The summed E-state index contributed by atoms with van der Waals surface area (Å²) in [5.74, 6) is -0.461. The van der Waals surface area contributed by atoms with Crippen LogP contribution < -0.4 is 0 Å². The van der Waals surface area contributed by atoms with Crippen molar-refractivity contribution in [2.45, 2.75) is 120 Å². The summed E-state index contributed by atoms with van der Waals surface area (Å²) in [6.45, 7) is 4.42. The molecule has 5 fully saturated rings. The zero-order valence-electron chi connectivity index (χ0n) is 23.1. The standard InChI is InChI=1S/C30H44O9/c1-17-26(34)24(32)12-20(15-37-17)39-19-3-8-28(16-31)22-4-7-27(2)21(18-11-25(33)38-14-18)6-10-30(27,36)23(22)5-9-29(28,35)13-19/h11,16-17,19-24,26,32,34-36H,3-10,12-15H2,1-2H3/t17-,19-,20-,21+,22-,23-,24-,26+,27+,28-,29-,30-/m0/s1. The molecule has 2 heterocycles. The van der Waals surface area contributed by atoms with Crippen molar-refractivity contribution in [3.8, 4) is 0 Å². The number of hydrogen-bond acceptors (Lipinski definition) is 9.